The highest BCUT2D eigenvalue weighted by Crippen LogP contribution is 2.31. The van der Waals surface area contributed by atoms with Gasteiger partial charge in [0.2, 0.25) is 0 Å². The van der Waals surface area contributed by atoms with E-state index in [1.54, 1.807) is 48.6 Å². The molecule has 2 aromatic carbocycles. The first-order valence-electron chi connectivity index (χ1n) is 28.0. The van der Waals surface area contributed by atoms with E-state index < -0.39 is 0 Å². The zero-order chi connectivity index (χ0) is 49.8. The maximum absolute atomic E-state index is 12.7. The first-order valence-corrected chi connectivity index (χ1v) is 28.0. The Morgan fingerprint density at radius 2 is 0.623 bits per heavy atom. The third-order valence-electron chi connectivity index (χ3n) is 13.1. The van der Waals surface area contributed by atoms with Crippen molar-refractivity contribution in [3.8, 4) is 23.0 Å². The normalized spacial score (nSPS) is 11.4. The van der Waals surface area contributed by atoms with Crippen LogP contribution in [0, 0.1) is 0 Å². The lowest BCUT2D eigenvalue weighted by Gasteiger charge is -2.10. The minimum Gasteiger partial charge on any atom is -0.493 e. The number of allylic oxidation sites excluding steroid dienone is 2. The second-order valence-corrected chi connectivity index (χ2v) is 19.4. The van der Waals surface area contributed by atoms with Crippen molar-refractivity contribution < 1.29 is 38.1 Å². The van der Waals surface area contributed by atoms with Gasteiger partial charge in [-0.1, -0.05) is 244 Å². The lowest BCUT2D eigenvalue weighted by Crippen LogP contribution is -2.08. The fraction of sp³-hybridized carbons (Fsp3) is 0.672. The van der Waals surface area contributed by atoms with E-state index in [1.807, 2.05) is 0 Å². The molecule has 0 unspecified atom stereocenters. The molecule has 0 amide bonds. The summed E-state index contributed by atoms with van der Waals surface area (Å²) < 4.78 is 22.2. The average molecular weight is 957 g/mol. The van der Waals surface area contributed by atoms with Crippen molar-refractivity contribution in [3.05, 3.63) is 59.7 Å². The molecule has 69 heavy (non-hydrogen) atoms. The van der Waals surface area contributed by atoms with Gasteiger partial charge in [-0.2, -0.15) is 0 Å². The van der Waals surface area contributed by atoms with E-state index in [4.69, 9.17) is 18.9 Å². The Hall–Kier alpha value is -4.20. The van der Waals surface area contributed by atoms with Crippen molar-refractivity contribution in [1.82, 2.24) is 0 Å². The summed E-state index contributed by atoms with van der Waals surface area (Å²) in [6.45, 7) is 4.54. The van der Waals surface area contributed by atoms with Gasteiger partial charge in [0.25, 0.3) is 0 Å². The standard InChI is InChI=1S/C61H96O8/c1-5-7-9-11-13-15-17-19-21-23-25-27-29-31-33-35-37-39-60(64)68-56-47-43-52(49-58(56)66-3)41-45-54(62)51-55(63)46-42-53-44-48-57(59(50-53)67-4)69-61(65)40-38-36-34-32-30-28-26-24-22-20-18-16-14-12-10-8-6-2/h41-50H,5-40,51H2,1-4H3/b45-41+,46-42+. The number of carbonyl (C=O) groups is 4. The lowest BCUT2D eigenvalue weighted by atomic mass is 10.0. The van der Waals surface area contributed by atoms with Crippen LogP contribution in [0.2, 0.25) is 0 Å². The van der Waals surface area contributed by atoms with Crippen molar-refractivity contribution in [3.63, 3.8) is 0 Å². The van der Waals surface area contributed by atoms with Gasteiger partial charge in [-0.05, 0) is 60.4 Å². The molecule has 0 N–H and O–H groups in total. The summed E-state index contributed by atoms with van der Waals surface area (Å²) in [6, 6.07) is 10.2. The van der Waals surface area contributed by atoms with Gasteiger partial charge in [0.1, 0.15) is 0 Å². The molecule has 0 saturated heterocycles. The number of unbranched alkanes of at least 4 members (excludes halogenated alkanes) is 32. The fourth-order valence-corrected chi connectivity index (χ4v) is 8.75. The first-order chi connectivity index (χ1) is 33.8. The molecule has 0 spiro atoms. The van der Waals surface area contributed by atoms with Crippen molar-refractivity contribution in [2.45, 2.75) is 251 Å². The summed E-state index contributed by atoms with van der Waals surface area (Å²) in [5.41, 5.74) is 1.34. The Morgan fingerprint density at radius 3 is 0.884 bits per heavy atom. The predicted molar refractivity (Wildman–Crippen MR) is 288 cm³/mol. The molecule has 8 nitrogen and oxygen atoms in total. The third kappa shape index (κ3) is 33.1. The van der Waals surface area contributed by atoms with E-state index in [0.717, 1.165) is 38.5 Å². The molecule has 0 saturated carbocycles. The number of carbonyl (C=O) groups excluding carboxylic acids is 4. The molecular weight excluding hydrogens is 861 g/mol. The van der Waals surface area contributed by atoms with Gasteiger partial charge in [0, 0.05) is 12.8 Å². The van der Waals surface area contributed by atoms with Crippen LogP contribution in [-0.4, -0.2) is 37.7 Å². The second kappa shape index (κ2) is 42.7. The molecule has 0 aliphatic carbocycles. The first kappa shape index (κ1) is 60.9. The number of rotatable bonds is 46. The molecule has 0 fully saturated rings. The molecular formula is C61H96O8. The average Bonchev–Trinajstić information content (AvgIpc) is 3.35. The van der Waals surface area contributed by atoms with E-state index in [9.17, 15) is 19.2 Å². The van der Waals surface area contributed by atoms with E-state index in [-0.39, 0.29) is 29.9 Å². The topological polar surface area (TPSA) is 105 Å². The van der Waals surface area contributed by atoms with Crippen molar-refractivity contribution in [1.29, 1.82) is 0 Å². The molecule has 2 rings (SSSR count). The summed E-state index contributed by atoms with van der Waals surface area (Å²) >= 11 is 0. The number of benzene rings is 2. The minimum atomic E-state index is -0.354. The molecule has 2 aromatic rings. The van der Waals surface area contributed by atoms with Crippen molar-refractivity contribution in [2.24, 2.45) is 0 Å². The van der Waals surface area contributed by atoms with Crippen LogP contribution in [0.1, 0.15) is 263 Å². The van der Waals surface area contributed by atoms with Crippen LogP contribution in [0.15, 0.2) is 48.6 Å². The van der Waals surface area contributed by atoms with Gasteiger partial charge in [-0.15, -0.1) is 0 Å². The molecule has 388 valence electrons. The largest absolute Gasteiger partial charge is 0.493 e. The smallest absolute Gasteiger partial charge is 0.311 e. The number of ether oxygens (including phenoxy) is 4. The number of methoxy groups -OCH3 is 2. The number of esters is 2. The van der Waals surface area contributed by atoms with Gasteiger partial charge >= 0.3 is 11.9 Å². The van der Waals surface area contributed by atoms with Crippen LogP contribution >= 0.6 is 0 Å². The Kier molecular flexibility index (Phi) is 37.7. The molecule has 0 aliphatic heterocycles. The Labute approximate surface area is 420 Å². The van der Waals surface area contributed by atoms with Gasteiger partial charge in [-0.25, -0.2) is 0 Å². The highest BCUT2D eigenvalue weighted by Gasteiger charge is 2.13. The Balaban J connectivity index is 1.59. The fourth-order valence-electron chi connectivity index (χ4n) is 8.75. The second-order valence-electron chi connectivity index (χ2n) is 19.4. The lowest BCUT2D eigenvalue weighted by molar-refractivity contribution is -0.135. The molecule has 0 heterocycles. The zero-order valence-electron chi connectivity index (χ0n) is 44.2. The molecule has 0 atom stereocenters. The highest BCUT2D eigenvalue weighted by atomic mass is 16.6. The molecule has 0 radical (unpaired) electrons. The number of ketones is 2. The maximum atomic E-state index is 12.7. The zero-order valence-corrected chi connectivity index (χ0v) is 44.2. The summed E-state index contributed by atoms with van der Waals surface area (Å²) in [5, 5.41) is 0. The van der Waals surface area contributed by atoms with Crippen LogP contribution in [0.5, 0.6) is 23.0 Å². The predicted octanol–water partition coefficient (Wildman–Crippen LogP) is 17.9. The number of hydrogen-bond acceptors (Lipinski definition) is 8. The Morgan fingerprint density at radius 1 is 0.362 bits per heavy atom. The third-order valence-corrected chi connectivity index (χ3v) is 13.1. The summed E-state index contributed by atoms with van der Waals surface area (Å²) in [7, 11) is 3.01. The van der Waals surface area contributed by atoms with Crippen LogP contribution in [0.25, 0.3) is 12.2 Å². The summed E-state index contributed by atoms with van der Waals surface area (Å²) in [6.07, 6.45) is 50.2. The van der Waals surface area contributed by atoms with Gasteiger partial charge in [0.15, 0.2) is 34.6 Å². The maximum Gasteiger partial charge on any atom is 0.311 e. The van der Waals surface area contributed by atoms with E-state index >= 15 is 0 Å². The van der Waals surface area contributed by atoms with Crippen LogP contribution in [0.3, 0.4) is 0 Å². The van der Waals surface area contributed by atoms with Crippen molar-refractivity contribution in [2.75, 3.05) is 14.2 Å². The van der Waals surface area contributed by atoms with Gasteiger partial charge in [0.05, 0.1) is 20.6 Å². The van der Waals surface area contributed by atoms with Crippen LogP contribution < -0.4 is 18.9 Å². The quantitative estimate of drug-likeness (QED) is 0.0212. The minimum absolute atomic E-state index is 0.289. The van der Waals surface area contributed by atoms with Crippen LogP contribution in [-0.2, 0) is 19.2 Å². The van der Waals surface area contributed by atoms with Crippen molar-refractivity contribution >= 4 is 35.7 Å². The van der Waals surface area contributed by atoms with E-state index in [1.165, 1.54) is 206 Å². The molecule has 0 aliphatic rings. The SMILES string of the molecule is CCCCCCCCCCCCCCCCCCCC(=O)Oc1ccc(/C=C/C(=O)CC(=O)/C=C/c2ccc(OC(=O)CCCCCCCCCCCCCCCCCCC)c(OC)c2)cc1OC. The van der Waals surface area contributed by atoms with Gasteiger partial charge < -0.3 is 18.9 Å². The van der Waals surface area contributed by atoms with Crippen LogP contribution in [0.4, 0.5) is 0 Å². The Bertz CT molecular complexity index is 1590. The van der Waals surface area contributed by atoms with Gasteiger partial charge in [-0.3, -0.25) is 19.2 Å². The molecule has 0 aromatic heterocycles. The summed E-state index contributed by atoms with van der Waals surface area (Å²) in [4.78, 5) is 50.5. The monoisotopic (exact) mass is 957 g/mol. The number of hydrogen-bond donors (Lipinski definition) is 0. The highest BCUT2D eigenvalue weighted by molar-refractivity contribution is 6.10. The molecule has 0 bridgehead atoms. The van der Waals surface area contributed by atoms with E-state index in [0.29, 0.717) is 47.0 Å². The summed E-state index contributed by atoms with van der Waals surface area (Å²) in [5.74, 6) is 0.164. The van der Waals surface area contributed by atoms with E-state index in [2.05, 4.69) is 13.8 Å². The molecule has 8 heteroatoms.